The van der Waals surface area contributed by atoms with Crippen LogP contribution >= 0.6 is 11.3 Å². The lowest BCUT2D eigenvalue weighted by Gasteiger charge is -2.07. The lowest BCUT2D eigenvalue weighted by Crippen LogP contribution is -2.03. The average molecular weight is 472 g/mol. The van der Waals surface area contributed by atoms with Gasteiger partial charge >= 0.3 is 12.1 Å². The maximum atomic E-state index is 13.6. The highest BCUT2D eigenvalue weighted by Crippen LogP contribution is 2.43. The number of thiophene rings is 1. The maximum absolute atomic E-state index is 13.6. The number of hydrogen-bond acceptors (Lipinski definition) is 5. The Morgan fingerprint density at radius 1 is 1.09 bits per heavy atom. The van der Waals surface area contributed by atoms with Crippen LogP contribution in [0.3, 0.4) is 0 Å². The van der Waals surface area contributed by atoms with Crippen molar-refractivity contribution in [1.29, 1.82) is 0 Å². The fraction of sp³-hybridized carbons (Fsp3) is 0.160. The number of fused-ring (bicyclic) bond motifs is 1. The fourth-order valence-corrected chi connectivity index (χ4v) is 4.21. The molecule has 0 saturated carbocycles. The molecule has 2 heterocycles. The van der Waals surface area contributed by atoms with E-state index < -0.39 is 17.0 Å². The van der Waals surface area contributed by atoms with Crippen molar-refractivity contribution in [2.45, 2.75) is 19.7 Å². The van der Waals surface area contributed by atoms with Crippen LogP contribution in [0.25, 0.3) is 28.2 Å². The lowest BCUT2D eigenvalue weighted by atomic mass is 10.1. The Bertz CT molecular complexity index is 1290. The lowest BCUT2D eigenvalue weighted by molar-refractivity contribution is -0.137. The summed E-state index contributed by atoms with van der Waals surface area (Å²) in [6, 6.07) is 16.9. The minimum Gasteiger partial charge on any atom is -0.488 e. The van der Waals surface area contributed by atoms with Crippen LogP contribution in [-0.2, 0) is 22.3 Å². The molecule has 0 saturated heterocycles. The Labute approximate surface area is 191 Å². The van der Waals surface area contributed by atoms with Crippen LogP contribution in [0.2, 0.25) is 0 Å². The van der Waals surface area contributed by atoms with Gasteiger partial charge in [0.2, 0.25) is 0 Å². The summed E-state index contributed by atoms with van der Waals surface area (Å²) in [7, 11) is 0. The summed E-state index contributed by atoms with van der Waals surface area (Å²) < 4.78 is 57.0. The molecular weight excluding hydrogens is 453 g/mol. The Morgan fingerprint density at radius 3 is 2.61 bits per heavy atom. The van der Waals surface area contributed by atoms with Gasteiger partial charge in [-0.2, -0.15) is 13.2 Å². The van der Waals surface area contributed by atoms with E-state index in [-0.39, 0.29) is 18.8 Å². The quantitative estimate of drug-likeness (QED) is 0.209. The van der Waals surface area contributed by atoms with Crippen molar-refractivity contribution in [3.63, 3.8) is 0 Å². The zero-order chi connectivity index (χ0) is 23.4. The molecule has 0 radical (unpaired) electrons. The fourth-order valence-electron chi connectivity index (χ4n) is 3.25. The van der Waals surface area contributed by atoms with E-state index in [1.807, 2.05) is 0 Å². The first-order chi connectivity index (χ1) is 15.8. The second kappa shape index (κ2) is 9.54. The number of benzene rings is 2. The molecule has 8 heteroatoms. The van der Waals surface area contributed by atoms with Crippen molar-refractivity contribution >= 4 is 34.4 Å². The average Bonchev–Trinajstić information content (AvgIpc) is 3.41. The van der Waals surface area contributed by atoms with Gasteiger partial charge in [-0.1, -0.05) is 30.3 Å². The molecule has 0 fully saturated rings. The topological polar surface area (TPSA) is 48.7 Å². The van der Waals surface area contributed by atoms with E-state index in [2.05, 4.69) is 0 Å². The van der Waals surface area contributed by atoms with Crippen LogP contribution in [0.15, 0.2) is 71.2 Å². The number of alkyl halides is 3. The van der Waals surface area contributed by atoms with E-state index in [4.69, 9.17) is 13.9 Å². The van der Waals surface area contributed by atoms with Gasteiger partial charge in [-0.3, -0.25) is 0 Å². The number of furan rings is 1. The number of carbonyl (C=O) groups is 1. The van der Waals surface area contributed by atoms with Crippen LogP contribution in [0, 0.1) is 0 Å². The van der Waals surface area contributed by atoms with E-state index >= 15 is 0 Å². The third-order valence-electron chi connectivity index (χ3n) is 4.69. The number of ether oxygens (including phenoxy) is 2. The first-order valence-corrected chi connectivity index (χ1v) is 10.9. The third-order valence-corrected chi connectivity index (χ3v) is 5.84. The Balaban J connectivity index is 1.51. The monoisotopic (exact) mass is 472 g/mol. The molecule has 0 aliphatic carbocycles. The van der Waals surface area contributed by atoms with Crippen molar-refractivity contribution in [2.24, 2.45) is 0 Å². The number of hydrogen-bond donors (Lipinski definition) is 0. The number of esters is 1. The van der Waals surface area contributed by atoms with E-state index in [1.54, 1.807) is 61.5 Å². The van der Waals surface area contributed by atoms with Gasteiger partial charge in [-0.15, -0.1) is 11.3 Å². The molecule has 0 aliphatic rings. The number of halogens is 3. The SMILES string of the molecule is CCOC(=O)/C=C/c1cc2ccc(OCc3cc(-c4ccccc4)c(C(F)(F)F)s3)cc2o1. The highest BCUT2D eigenvalue weighted by molar-refractivity contribution is 7.12. The van der Waals surface area contributed by atoms with Crippen molar-refractivity contribution in [3.05, 3.63) is 82.3 Å². The summed E-state index contributed by atoms with van der Waals surface area (Å²) >= 11 is 0.675. The molecule has 0 bridgehead atoms. The Morgan fingerprint density at radius 2 is 1.88 bits per heavy atom. The van der Waals surface area contributed by atoms with Crippen molar-refractivity contribution in [2.75, 3.05) is 6.61 Å². The molecule has 0 atom stereocenters. The molecule has 4 rings (SSSR count). The van der Waals surface area contributed by atoms with Gasteiger partial charge in [0.1, 0.15) is 28.6 Å². The molecule has 170 valence electrons. The minimum absolute atomic E-state index is 0.0115. The smallest absolute Gasteiger partial charge is 0.426 e. The predicted molar refractivity (Wildman–Crippen MR) is 121 cm³/mol. The molecular formula is C25H19F3O4S. The first kappa shape index (κ1) is 22.7. The van der Waals surface area contributed by atoms with Gasteiger partial charge in [0.05, 0.1) is 6.61 Å². The van der Waals surface area contributed by atoms with Gasteiger partial charge in [-0.05, 0) is 42.8 Å². The van der Waals surface area contributed by atoms with Crippen LogP contribution < -0.4 is 4.74 Å². The second-order valence-corrected chi connectivity index (χ2v) is 8.18. The van der Waals surface area contributed by atoms with Crippen molar-refractivity contribution in [3.8, 4) is 16.9 Å². The predicted octanol–water partition coefficient (Wildman–Crippen LogP) is 7.34. The van der Waals surface area contributed by atoms with E-state index in [9.17, 15) is 18.0 Å². The van der Waals surface area contributed by atoms with Crippen molar-refractivity contribution in [1.82, 2.24) is 0 Å². The molecule has 0 amide bonds. The van der Waals surface area contributed by atoms with Crippen LogP contribution in [0.1, 0.15) is 22.4 Å². The van der Waals surface area contributed by atoms with E-state index in [0.29, 0.717) is 38.9 Å². The summed E-state index contributed by atoms with van der Waals surface area (Å²) in [5, 5.41) is 0.799. The largest absolute Gasteiger partial charge is 0.488 e. The standard InChI is InChI=1S/C25H19F3O4S/c1-2-30-23(29)11-10-19-12-17-8-9-18(13-22(17)32-19)31-15-20-14-21(16-6-4-3-5-7-16)24(33-20)25(26,27)28/h3-14H,2,15H2,1H3/b11-10+. The van der Waals surface area contributed by atoms with E-state index in [0.717, 1.165) is 5.39 Å². The number of rotatable bonds is 7. The summed E-state index contributed by atoms with van der Waals surface area (Å²) in [6.07, 6.45) is -1.67. The minimum atomic E-state index is -4.45. The van der Waals surface area contributed by atoms with Crippen LogP contribution in [0.5, 0.6) is 5.75 Å². The summed E-state index contributed by atoms with van der Waals surface area (Å²) in [4.78, 5) is 11.3. The van der Waals surface area contributed by atoms with Gasteiger partial charge in [0.15, 0.2) is 0 Å². The molecule has 0 N–H and O–H groups in total. The van der Waals surface area contributed by atoms with Gasteiger partial charge in [0.25, 0.3) is 0 Å². The third kappa shape index (κ3) is 5.46. The van der Waals surface area contributed by atoms with Gasteiger partial charge in [0, 0.05) is 28.0 Å². The van der Waals surface area contributed by atoms with Gasteiger partial charge < -0.3 is 13.9 Å². The van der Waals surface area contributed by atoms with Gasteiger partial charge in [-0.25, -0.2) is 4.79 Å². The summed E-state index contributed by atoms with van der Waals surface area (Å²) in [5.41, 5.74) is 1.18. The van der Waals surface area contributed by atoms with Crippen molar-refractivity contribution < 1.29 is 31.9 Å². The first-order valence-electron chi connectivity index (χ1n) is 10.1. The summed E-state index contributed by atoms with van der Waals surface area (Å²) in [6.45, 7) is 1.99. The molecule has 33 heavy (non-hydrogen) atoms. The Hall–Kier alpha value is -3.52. The highest BCUT2D eigenvalue weighted by Gasteiger charge is 2.36. The molecule has 2 aromatic heterocycles. The highest BCUT2D eigenvalue weighted by atomic mass is 32.1. The molecule has 0 spiro atoms. The zero-order valence-electron chi connectivity index (χ0n) is 17.5. The van der Waals surface area contributed by atoms with E-state index in [1.165, 1.54) is 18.2 Å². The zero-order valence-corrected chi connectivity index (χ0v) is 18.3. The van der Waals surface area contributed by atoms with Crippen LogP contribution in [0.4, 0.5) is 13.2 Å². The summed E-state index contributed by atoms with van der Waals surface area (Å²) in [5.74, 6) is 0.461. The Kier molecular flexibility index (Phi) is 6.55. The maximum Gasteiger partial charge on any atom is 0.426 e. The molecule has 4 nitrogen and oxygen atoms in total. The molecule has 4 aromatic rings. The molecule has 2 aromatic carbocycles. The van der Waals surface area contributed by atoms with Crippen LogP contribution in [-0.4, -0.2) is 12.6 Å². The number of carbonyl (C=O) groups excluding carboxylic acids is 1. The molecule has 0 aliphatic heterocycles. The normalized spacial score (nSPS) is 11.9. The second-order valence-electron chi connectivity index (χ2n) is 7.04. The molecule has 0 unspecified atom stereocenters.